The maximum Gasteiger partial charge on any atom is 0.343 e. The van der Waals surface area contributed by atoms with Gasteiger partial charge in [-0.2, -0.15) is 0 Å². The molecule has 0 N–H and O–H groups in total. The molecule has 0 radical (unpaired) electrons. The zero-order chi connectivity index (χ0) is 24.7. The smallest absolute Gasteiger partial charge is 0.343 e. The predicted octanol–water partition coefficient (Wildman–Crippen LogP) is 1.07. The average Bonchev–Trinajstić information content (AvgIpc) is 2.70. The first-order chi connectivity index (χ1) is 15.5. The minimum absolute atomic E-state index is 0.439. The lowest BCUT2D eigenvalue weighted by Gasteiger charge is -2.43. The molecule has 0 spiro atoms. The highest BCUT2D eigenvalue weighted by Gasteiger charge is 2.53. The van der Waals surface area contributed by atoms with Gasteiger partial charge >= 0.3 is 29.8 Å². The Morgan fingerprint density at radius 3 is 1.88 bits per heavy atom. The lowest BCUT2D eigenvalue weighted by molar-refractivity contribution is -0.294. The monoisotopic (exact) mass is 470 g/mol. The molecule has 1 aliphatic rings. The third-order valence-corrected chi connectivity index (χ3v) is 4.27. The molecule has 11 nitrogen and oxygen atoms in total. The molecule has 0 bridgehead atoms. The van der Waals surface area contributed by atoms with Gasteiger partial charge in [0.1, 0.15) is 18.5 Å². The predicted molar refractivity (Wildman–Crippen MR) is 104 cm³/mol. The highest BCUT2D eigenvalue weighted by Crippen LogP contribution is 2.30. The van der Waals surface area contributed by atoms with Gasteiger partial charge < -0.3 is 28.4 Å². The summed E-state index contributed by atoms with van der Waals surface area (Å²) in [6.45, 7) is 3.77. The van der Waals surface area contributed by atoms with Gasteiger partial charge in [0.25, 0.3) is 0 Å². The van der Waals surface area contributed by atoms with E-state index in [0.717, 1.165) is 39.8 Å². The van der Waals surface area contributed by atoms with Crippen molar-refractivity contribution in [2.75, 3.05) is 6.61 Å². The highest BCUT2D eigenvalue weighted by atomic mass is 19.1. The Balaban J connectivity index is 2.45. The topological polar surface area (TPSA) is 141 Å². The maximum absolute atomic E-state index is 14.0. The summed E-state index contributed by atoms with van der Waals surface area (Å²) in [5, 5.41) is 0. The fraction of sp³-hybridized carbons (Fsp3) is 0.476. The Bertz CT molecular complexity index is 915. The number of hydrogen-bond donors (Lipinski definition) is 0. The van der Waals surface area contributed by atoms with Gasteiger partial charge in [0.2, 0.25) is 12.4 Å². The Morgan fingerprint density at radius 1 is 0.788 bits per heavy atom. The van der Waals surface area contributed by atoms with Gasteiger partial charge in [-0.3, -0.25) is 19.2 Å². The van der Waals surface area contributed by atoms with Gasteiger partial charge in [0.05, 0.1) is 5.56 Å². The van der Waals surface area contributed by atoms with Crippen LogP contribution in [0.3, 0.4) is 0 Å². The number of hydrogen-bond acceptors (Lipinski definition) is 11. The van der Waals surface area contributed by atoms with E-state index in [0.29, 0.717) is 0 Å². The number of esters is 5. The molecule has 1 aromatic rings. The zero-order valence-corrected chi connectivity index (χ0v) is 18.3. The van der Waals surface area contributed by atoms with Crippen molar-refractivity contribution in [2.24, 2.45) is 0 Å². The van der Waals surface area contributed by atoms with Crippen molar-refractivity contribution >= 4 is 29.8 Å². The fourth-order valence-corrected chi connectivity index (χ4v) is 3.08. The number of benzene rings is 1. The summed E-state index contributed by atoms with van der Waals surface area (Å²) >= 11 is 0. The lowest BCUT2D eigenvalue weighted by Crippen LogP contribution is -2.63. The number of rotatable bonds is 7. The van der Waals surface area contributed by atoms with Gasteiger partial charge in [-0.1, -0.05) is 12.1 Å². The van der Waals surface area contributed by atoms with Crippen LogP contribution in [0.2, 0.25) is 0 Å². The van der Waals surface area contributed by atoms with Crippen LogP contribution in [0.1, 0.15) is 38.1 Å². The molecule has 1 aliphatic heterocycles. The third kappa shape index (κ3) is 7.24. The van der Waals surface area contributed by atoms with Gasteiger partial charge in [-0.15, -0.1) is 0 Å². The van der Waals surface area contributed by atoms with Crippen LogP contribution in [-0.4, -0.2) is 67.2 Å². The number of carbonyl (C=O) groups is 5. The summed E-state index contributed by atoms with van der Waals surface area (Å²) in [6, 6.07) is 4.94. The molecular weight excluding hydrogens is 447 g/mol. The highest BCUT2D eigenvalue weighted by molar-refractivity contribution is 5.89. The second kappa shape index (κ2) is 11.4. The number of carbonyl (C=O) groups excluding carboxylic acids is 5. The maximum atomic E-state index is 14.0. The van der Waals surface area contributed by atoms with Crippen LogP contribution < -0.4 is 0 Å². The molecule has 1 aromatic carbocycles. The Labute approximate surface area is 188 Å². The molecule has 5 atom stereocenters. The third-order valence-electron chi connectivity index (χ3n) is 4.27. The van der Waals surface area contributed by atoms with E-state index in [-0.39, 0.29) is 0 Å². The van der Waals surface area contributed by atoms with Crippen LogP contribution >= 0.6 is 0 Å². The van der Waals surface area contributed by atoms with Crippen LogP contribution in [0.25, 0.3) is 0 Å². The average molecular weight is 470 g/mol. The molecule has 0 unspecified atom stereocenters. The summed E-state index contributed by atoms with van der Waals surface area (Å²) in [4.78, 5) is 59.0. The van der Waals surface area contributed by atoms with E-state index in [9.17, 15) is 28.4 Å². The number of ether oxygens (including phenoxy) is 6. The normalized spacial score (nSPS) is 24.2. The van der Waals surface area contributed by atoms with Gasteiger partial charge in [-0.25, -0.2) is 9.18 Å². The minimum atomic E-state index is -1.74. The molecule has 1 saturated heterocycles. The van der Waals surface area contributed by atoms with E-state index in [1.54, 1.807) is 0 Å². The van der Waals surface area contributed by atoms with Crippen molar-refractivity contribution in [1.29, 1.82) is 0 Å². The molecule has 0 saturated carbocycles. The minimum Gasteiger partial charge on any atom is -0.463 e. The Morgan fingerprint density at radius 2 is 1.33 bits per heavy atom. The van der Waals surface area contributed by atoms with E-state index in [1.807, 2.05) is 0 Å². The van der Waals surface area contributed by atoms with E-state index in [1.165, 1.54) is 12.1 Å². The quantitative estimate of drug-likeness (QED) is 0.417. The summed E-state index contributed by atoms with van der Waals surface area (Å²) < 4.78 is 45.4. The molecule has 0 aliphatic carbocycles. The molecule has 1 fully saturated rings. The second-order valence-corrected chi connectivity index (χ2v) is 6.95. The first-order valence-corrected chi connectivity index (χ1v) is 9.75. The van der Waals surface area contributed by atoms with E-state index >= 15 is 0 Å². The SMILES string of the molecule is CC(=O)OC[C@H]1O[C@@H](OC(=O)c2ccccc2F)[C@H](OC(C)=O)[C@@H](OC(C)=O)[C@@H]1OC(C)=O. The van der Waals surface area contributed by atoms with Crippen LogP contribution in [0.5, 0.6) is 0 Å². The summed E-state index contributed by atoms with van der Waals surface area (Å²) in [5.74, 6) is -5.28. The van der Waals surface area contributed by atoms with Gasteiger partial charge in [0, 0.05) is 27.7 Å². The van der Waals surface area contributed by atoms with Crippen LogP contribution in [-0.2, 0) is 47.6 Å². The van der Waals surface area contributed by atoms with Crippen LogP contribution in [0.4, 0.5) is 4.39 Å². The van der Waals surface area contributed by atoms with Crippen molar-refractivity contribution in [3.05, 3.63) is 35.6 Å². The standard InChI is InChI=1S/C21H23FO11/c1-10(23)28-9-16-17(29-11(2)24)18(30-12(3)25)19(31-13(4)26)21(32-16)33-20(27)14-7-5-6-8-15(14)22/h5-8,16-19,21H,9H2,1-4H3/t16-,17-,18+,19-,21+/m1/s1. The lowest BCUT2D eigenvalue weighted by atomic mass is 9.98. The van der Waals surface area contributed by atoms with Crippen molar-refractivity contribution in [3.63, 3.8) is 0 Å². The van der Waals surface area contributed by atoms with Crippen molar-refractivity contribution in [1.82, 2.24) is 0 Å². The van der Waals surface area contributed by atoms with Crippen molar-refractivity contribution in [2.45, 2.75) is 58.4 Å². The summed E-state index contributed by atoms with van der Waals surface area (Å²) in [7, 11) is 0. The Kier molecular flexibility index (Phi) is 8.85. The molecule has 0 aromatic heterocycles. The largest absolute Gasteiger partial charge is 0.463 e. The molecular formula is C21H23FO11. The molecule has 180 valence electrons. The zero-order valence-electron chi connectivity index (χ0n) is 18.3. The van der Waals surface area contributed by atoms with E-state index in [4.69, 9.17) is 28.4 Å². The van der Waals surface area contributed by atoms with E-state index < -0.39 is 78.5 Å². The molecule has 12 heteroatoms. The fourth-order valence-electron chi connectivity index (χ4n) is 3.08. The summed E-state index contributed by atoms with van der Waals surface area (Å²) in [6.07, 6.45) is -7.55. The van der Waals surface area contributed by atoms with Crippen molar-refractivity contribution < 1.29 is 56.8 Å². The first-order valence-electron chi connectivity index (χ1n) is 9.75. The molecule has 0 amide bonds. The summed E-state index contributed by atoms with van der Waals surface area (Å²) in [5.41, 5.74) is -0.439. The first kappa shape index (κ1) is 25.7. The van der Waals surface area contributed by atoms with E-state index in [2.05, 4.69) is 0 Å². The molecule has 33 heavy (non-hydrogen) atoms. The number of halogens is 1. The van der Waals surface area contributed by atoms with Crippen LogP contribution in [0.15, 0.2) is 24.3 Å². The Hall–Kier alpha value is -3.54. The van der Waals surface area contributed by atoms with Gasteiger partial charge in [0.15, 0.2) is 12.2 Å². The van der Waals surface area contributed by atoms with Crippen LogP contribution in [0, 0.1) is 5.82 Å². The van der Waals surface area contributed by atoms with Gasteiger partial charge in [-0.05, 0) is 12.1 Å². The van der Waals surface area contributed by atoms with Crippen molar-refractivity contribution in [3.8, 4) is 0 Å². The molecule has 1 heterocycles. The second-order valence-electron chi connectivity index (χ2n) is 6.95. The molecule has 2 rings (SSSR count).